The van der Waals surface area contributed by atoms with E-state index in [1.165, 1.54) is 6.07 Å². The van der Waals surface area contributed by atoms with Crippen molar-refractivity contribution in [2.75, 3.05) is 18.0 Å². The fourth-order valence-electron chi connectivity index (χ4n) is 2.17. The zero-order valence-corrected chi connectivity index (χ0v) is 9.37. The summed E-state index contributed by atoms with van der Waals surface area (Å²) in [5.41, 5.74) is 6.08. The molecule has 0 saturated carbocycles. The monoisotopic (exact) mass is 244 g/mol. The second kappa shape index (κ2) is 4.56. The summed E-state index contributed by atoms with van der Waals surface area (Å²) >= 11 is 0. The number of benzene rings is 1. The number of para-hydroxylation sites is 1. The second-order valence-corrected chi connectivity index (χ2v) is 4.27. The van der Waals surface area contributed by atoms with Gasteiger partial charge in [0, 0.05) is 24.3 Å². The molecule has 1 saturated heterocycles. The number of nitrogens with two attached hydrogens (primary N) is 1. The molecular weight excluding hydrogens is 229 g/mol. The minimum absolute atomic E-state index is 0.168. The van der Waals surface area contributed by atoms with Gasteiger partial charge in [-0.05, 0) is 18.9 Å². The highest BCUT2D eigenvalue weighted by Gasteiger charge is 2.39. The van der Waals surface area contributed by atoms with Crippen LogP contribution >= 0.6 is 0 Å². The van der Waals surface area contributed by atoms with Crippen molar-refractivity contribution in [3.8, 4) is 0 Å². The molecule has 5 heteroatoms. The molecule has 2 rings (SSSR count). The maximum absolute atomic E-state index is 12.7. The molecule has 94 valence electrons. The number of nitrogens with zero attached hydrogens (tertiary/aromatic N) is 1. The standard InChI is InChI=1S/C12H15F3N2/c13-12(14,15)11(16)9-5-1-2-6-10(9)17-7-3-4-8-17/h1-2,5-6,11H,3-4,7-8,16H2. The van der Waals surface area contributed by atoms with Gasteiger partial charge in [0.1, 0.15) is 6.04 Å². The first-order valence-corrected chi connectivity index (χ1v) is 5.66. The third-order valence-electron chi connectivity index (χ3n) is 3.07. The van der Waals surface area contributed by atoms with E-state index in [0.717, 1.165) is 25.9 Å². The second-order valence-electron chi connectivity index (χ2n) is 4.27. The minimum atomic E-state index is -4.39. The van der Waals surface area contributed by atoms with Gasteiger partial charge in [0.2, 0.25) is 0 Å². The summed E-state index contributed by atoms with van der Waals surface area (Å²) in [5, 5.41) is 0. The van der Waals surface area contributed by atoms with Crippen LogP contribution in [0.4, 0.5) is 18.9 Å². The van der Waals surface area contributed by atoms with Gasteiger partial charge in [0.05, 0.1) is 0 Å². The van der Waals surface area contributed by atoms with E-state index >= 15 is 0 Å². The van der Waals surface area contributed by atoms with Gasteiger partial charge in [0.25, 0.3) is 0 Å². The van der Waals surface area contributed by atoms with Gasteiger partial charge in [-0.25, -0.2) is 0 Å². The molecular formula is C12H15F3N2. The van der Waals surface area contributed by atoms with E-state index in [1.54, 1.807) is 18.2 Å². The summed E-state index contributed by atoms with van der Waals surface area (Å²) in [6.07, 6.45) is -2.35. The Kier molecular flexibility index (Phi) is 3.28. The van der Waals surface area contributed by atoms with Crippen molar-refractivity contribution in [2.45, 2.75) is 25.1 Å². The molecule has 1 aliphatic rings. The molecule has 1 aromatic rings. The van der Waals surface area contributed by atoms with E-state index in [-0.39, 0.29) is 5.56 Å². The van der Waals surface area contributed by atoms with Crippen molar-refractivity contribution < 1.29 is 13.2 Å². The first-order valence-electron chi connectivity index (χ1n) is 5.66. The lowest BCUT2D eigenvalue weighted by molar-refractivity contribution is -0.149. The van der Waals surface area contributed by atoms with Crippen molar-refractivity contribution in [1.82, 2.24) is 0 Å². The van der Waals surface area contributed by atoms with Crippen molar-refractivity contribution in [3.63, 3.8) is 0 Å². The SMILES string of the molecule is NC(c1ccccc1N1CCCC1)C(F)(F)F. The van der Waals surface area contributed by atoms with Crippen LogP contribution in [0.3, 0.4) is 0 Å². The molecule has 0 aromatic heterocycles. The molecule has 1 atom stereocenters. The molecule has 1 aromatic carbocycles. The highest BCUT2D eigenvalue weighted by atomic mass is 19.4. The molecule has 0 spiro atoms. The molecule has 0 aliphatic carbocycles. The molecule has 2 nitrogen and oxygen atoms in total. The summed E-state index contributed by atoms with van der Waals surface area (Å²) in [6.45, 7) is 1.61. The summed E-state index contributed by atoms with van der Waals surface area (Å²) in [5.74, 6) is 0. The Morgan fingerprint density at radius 2 is 1.71 bits per heavy atom. The maximum atomic E-state index is 12.7. The molecule has 1 fully saturated rings. The van der Waals surface area contributed by atoms with Crippen LogP contribution in [-0.2, 0) is 0 Å². The maximum Gasteiger partial charge on any atom is 0.407 e. The van der Waals surface area contributed by atoms with E-state index in [2.05, 4.69) is 0 Å². The van der Waals surface area contributed by atoms with Crippen molar-refractivity contribution in [1.29, 1.82) is 0 Å². The fraction of sp³-hybridized carbons (Fsp3) is 0.500. The van der Waals surface area contributed by atoms with Crippen LogP contribution in [0.15, 0.2) is 24.3 Å². The van der Waals surface area contributed by atoms with Crippen LogP contribution in [0.1, 0.15) is 24.4 Å². The zero-order chi connectivity index (χ0) is 12.5. The van der Waals surface area contributed by atoms with Crippen LogP contribution in [0.5, 0.6) is 0 Å². The number of halogens is 3. The Morgan fingerprint density at radius 3 is 2.29 bits per heavy atom. The number of rotatable bonds is 2. The van der Waals surface area contributed by atoms with Gasteiger partial charge >= 0.3 is 6.18 Å². The zero-order valence-electron chi connectivity index (χ0n) is 9.37. The lowest BCUT2D eigenvalue weighted by atomic mass is 10.0. The van der Waals surface area contributed by atoms with Gasteiger partial charge in [-0.15, -0.1) is 0 Å². The van der Waals surface area contributed by atoms with Crippen LogP contribution in [0.2, 0.25) is 0 Å². The highest BCUT2D eigenvalue weighted by Crippen LogP contribution is 2.36. The predicted octanol–water partition coefficient (Wildman–Crippen LogP) is 2.85. The van der Waals surface area contributed by atoms with Gasteiger partial charge in [-0.3, -0.25) is 0 Å². The van der Waals surface area contributed by atoms with E-state index in [4.69, 9.17) is 5.73 Å². The normalized spacial score (nSPS) is 18.5. The van der Waals surface area contributed by atoms with E-state index < -0.39 is 12.2 Å². The van der Waals surface area contributed by atoms with Gasteiger partial charge < -0.3 is 10.6 Å². The Morgan fingerprint density at radius 1 is 1.12 bits per heavy atom. The highest BCUT2D eigenvalue weighted by molar-refractivity contribution is 5.55. The molecule has 0 amide bonds. The Labute approximate surface area is 98.2 Å². The van der Waals surface area contributed by atoms with E-state index in [0.29, 0.717) is 5.69 Å². The van der Waals surface area contributed by atoms with Crippen molar-refractivity contribution in [2.24, 2.45) is 5.73 Å². The smallest absolute Gasteiger partial charge is 0.371 e. The minimum Gasteiger partial charge on any atom is -0.371 e. The van der Waals surface area contributed by atoms with Crippen molar-refractivity contribution in [3.05, 3.63) is 29.8 Å². The number of anilines is 1. The molecule has 1 unspecified atom stereocenters. The Hall–Kier alpha value is -1.23. The van der Waals surface area contributed by atoms with Gasteiger partial charge in [-0.2, -0.15) is 13.2 Å². The van der Waals surface area contributed by atoms with Crippen LogP contribution in [-0.4, -0.2) is 19.3 Å². The third-order valence-corrected chi connectivity index (χ3v) is 3.07. The predicted molar refractivity (Wildman–Crippen MR) is 60.9 cm³/mol. The Bertz CT molecular complexity index is 384. The molecule has 2 N–H and O–H groups in total. The summed E-state index contributed by atoms with van der Waals surface area (Å²) in [6, 6.07) is 4.62. The summed E-state index contributed by atoms with van der Waals surface area (Å²) in [7, 11) is 0. The topological polar surface area (TPSA) is 29.3 Å². The first kappa shape index (κ1) is 12.2. The quantitative estimate of drug-likeness (QED) is 0.866. The van der Waals surface area contributed by atoms with Gasteiger partial charge in [-0.1, -0.05) is 18.2 Å². The van der Waals surface area contributed by atoms with Crippen LogP contribution < -0.4 is 10.6 Å². The van der Waals surface area contributed by atoms with E-state index in [9.17, 15) is 13.2 Å². The largest absolute Gasteiger partial charge is 0.407 e. The van der Waals surface area contributed by atoms with E-state index in [1.807, 2.05) is 4.90 Å². The molecule has 0 radical (unpaired) electrons. The Balaban J connectivity index is 2.33. The molecule has 17 heavy (non-hydrogen) atoms. The fourth-order valence-corrected chi connectivity index (χ4v) is 2.17. The number of hydrogen-bond acceptors (Lipinski definition) is 2. The number of hydrogen-bond donors (Lipinski definition) is 1. The molecule has 1 heterocycles. The summed E-state index contributed by atoms with van der Waals surface area (Å²) in [4.78, 5) is 1.97. The van der Waals surface area contributed by atoms with Gasteiger partial charge in [0.15, 0.2) is 0 Å². The van der Waals surface area contributed by atoms with Crippen molar-refractivity contribution >= 4 is 5.69 Å². The first-order chi connectivity index (χ1) is 8.00. The lowest BCUT2D eigenvalue weighted by Crippen LogP contribution is -2.31. The third kappa shape index (κ3) is 2.54. The number of alkyl halides is 3. The lowest BCUT2D eigenvalue weighted by Gasteiger charge is -2.25. The van der Waals surface area contributed by atoms with Crippen LogP contribution in [0, 0.1) is 0 Å². The van der Waals surface area contributed by atoms with Crippen LogP contribution in [0.25, 0.3) is 0 Å². The average molecular weight is 244 g/mol. The molecule has 1 aliphatic heterocycles. The average Bonchev–Trinajstić information content (AvgIpc) is 2.80. The summed E-state index contributed by atoms with van der Waals surface area (Å²) < 4.78 is 38.0. The molecule has 0 bridgehead atoms.